The van der Waals surface area contributed by atoms with Gasteiger partial charge in [-0.1, -0.05) is 46.3 Å². The number of fused-ring (bicyclic) bond motifs is 2. The summed E-state index contributed by atoms with van der Waals surface area (Å²) >= 11 is 15.4. The third-order valence-electron chi connectivity index (χ3n) is 5.11. The number of phenolic OH excluding ortho intramolecular Hbond substituents is 1. The number of Topliss-reactive ketones (excluding diaryl/α,β-unsaturated/α-hetero) is 3. The molecule has 2 heterocycles. The van der Waals surface area contributed by atoms with E-state index in [9.17, 15) is 32.3 Å². The zero-order chi connectivity index (χ0) is 37.5. The number of halogens is 7. The maximum atomic E-state index is 13.2. The van der Waals surface area contributed by atoms with E-state index in [0.29, 0.717) is 17.1 Å². The SMILES string of the molecule is CC(=O)CCl.CC(=O)c1cc2cccc(F)c2o1.O=C(CBr)c1cc2cccc(F)c2o1.O=CO[O-].O=Cc1cccc(F)c1O.[Br][Cu][Br].[H-].[K+].[K+]. The fourth-order valence-corrected chi connectivity index (χ4v) is 3.34. The monoisotopic (exact) mass is 1030 g/mol. The predicted octanol–water partition coefficient (Wildman–Crippen LogP) is 2.33. The summed E-state index contributed by atoms with van der Waals surface area (Å²) in [5, 5.41) is 18.6. The first-order chi connectivity index (χ1) is 23.3. The van der Waals surface area contributed by atoms with Crippen LogP contribution in [0.2, 0.25) is 0 Å². The number of para-hydroxylation sites is 3. The quantitative estimate of drug-likeness (QED) is 0.0668. The minimum atomic E-state index is -0.774. The smallest absolute Gasteiger partial charge is 1.00 e. The van der Waals surface area contributed by atoms with Crippen LogP contribution < -0.4 is 108 Å². The molecule has 1 N–H and O–H groups in total. The van der Waals surface area contributed by atoms with Gasteiger partial charge in [0.1, 0.15) is 5.78 Å². The van der Waals surface area contributed by atoms with Crippen LogP contribution in [-0.4, -0.2) is 46.4 Å². The van der Waals surface area contributed by atoms with E-state index in [1.807, 2.05) is 0 Å². The van der Waals surface area contributed by atoms with Crippen LogP contribution in [0.1, 0.15) is 46.7 Å². The molecule has 0 amide bonds. The van der Waals surface area contributed by atoms with E-state index in [1.165, 1.54) is 49.5 Å². The van der Waals surface area contributed by atoms with Crippen LogP contribution in [0.5, 0.6) is 5.75 Å². The Kier molecular flexibility index (Phi) is 34.9. The van der Waals surface area contributed by atoms with E-state index >= 15 is 0 Å². The average Bonchev–Trinajstić information content (AvgIpc) is 3.74. The molecule has 20 heteroatoms. The molecule has 0 spiro atoms. The summed E-state index contributed by atoms with van der Waals surface area (Å²) in [4.78, 5) is 53.1. The van der Waals surface area contributed by atoms with Gasteiger partial charge in [-0.3, -0.25) is 24.0 Å². The van der Waals surface area contributed by atoms with E-state index < -0.39 is 23.2 Å². The number of hydrogen-bond donors (Lipinski definition) is 1. The number of furan rings is 2. The Balaban J connectivity index is -0.000000283. The maximum absolute atomic E-state index is 13.2. The number of hydrogen-bond acceptors (Lipinski definition) is 10. The zero-order valence-electron chi connectivity index (χ0n) is 28.0. The van der Waals surface area contributed by atoms with Gasteiger partial charge < -0.3 is 25.5 Å². The van der Waals surface area contributed by atoms with Crippen LogP contribution >= 0.6 is 55.8 Å². The van der Waals surface area contributed by atoms with Gasteiger partial charge >= 0.3 is 142 Å². The van der Waals surface area contributed by atoms with Crippen LogP contribution in [0, 0.1) is 17.5 Å². The van der Waals surface area contributed by atoms with E-state index in [0.717, 1.165) is 6.07 Å². The molecule has 0 saturated heterocycles. The van der Waals surface area contributed by atoms with Gasteiger partial charge in [0.2, 0.25) is 5.78 Å². The molecule has 0 unspecified atom stereocenters. The molecule has 51 heavy (non-hydrogen) atoms. The van der Waals surface area contributed by atoms with Crippen LogP contribution in [0.15, 0.2) is 75.6 Å². The van der Waals surface area contributed by atoms with Crippen molar-refractivity contribution in [2.45, 2.75) is 13.8 Å². The van der Waals surface area contributed by atoms with Gasteiger partial charge in [0.05, 0.1) is 16.8 Å². The summed E-state index contributed by atoms with van der Waals surface area (Å²) in [6.45, 7) is 2.66. The molecule has 0 aliphatic rings. The number of alkyl halides is 2. The number of aromatic hydroxyl groups is 1. The molecule has 0 atom stereocenters. The number of ketones is 3. The minimum absolute atomic E-state index is 0. The number of carbonyl (C=O) groups is 5. The van der Waals surface area contributed by atoms with Crippen LogP contribution in [0.3, 0.4) is 0 Å². The first-order valence-electron chi connectivity index (χ1n) is 12.7. The largest absolute Gasteiger partial charge is 1.00 e. The van der Waals surface area contributed by atoms with Crippen molar-refractivity contribution in [3.8, 4) is 5.75 Å². The third kappa shape index (κ3) is 21.6. The van der Waals surface area contributed by atoms with E-state index in [1.54, 1.807) is 36.4 Å². The predicted molar refractivity (Wildman–Crippen MR) is 181 cm³/mol. The Morgan fingerprint density at radius 3 is 1.61 bits per heavy atom. The molecular formula is C31H25Br3ClCuF3K2O10. The standard InChI is InChI=1S/C10H6BrFO2.C10H7FO2.C7H5FO2.C3H5ClO.CH2O3.2BrH.Cu.2K.H/c11-5-8(13)9-4-6-2-1-3-7(12)10(6)14-9;1-6(12)9-5-7-3-2-4-8(11)10(7)13-9;8-6-3-1-2-5(4-9)7(6)10;1-3(5)2-4;2-1-4-3;;;;;;/h1-4H,5H2;2-5H,1H3;1-4,10H;2H2,1H3;1,3H;2*1H;;;;/q;;;;;;;+2;2*+1;-1/p-3. The average molecular weight is 1030 g/mol. The fourth-order valence-electron chi connectivity index (χ4n) is 3.06. The fraction of sp³-hybridized carbons (Fsp3) is 0.129. The van der Waals surface area contributed by atoms with Crippen molar-refractivity contribution in [1.82, 2.24) is 0 Å². The van der Waals surface area contributed by atoms with Crippen LogP contribution in [0.25, 0.3) is 21.9 Å². The summed E-state index contributed by atoms with van der Waals surface area (Å²) in [6, 6.07) is 16.0. The van der Waals surface area contributed by atoms with Gasteiger partial charge in [-0.15, -0.1) is 11.6 Å². The molecule has 10 nitrogen and oxygen atoms in total. The van der Waals surface area contributed by atoms with Crippen LogP contribution in [-0.2, 0) is 25.8 Å². The summed E-state index contributed by atoms with van der Waals surface area (Å²) in [5.41, 5.74) is 0.254. The van der Waals surface area contributed by atoms with Crippen molar-refractivity contribution in [3.63, 3.8) is 0 Å². The van der Waals surface area contributed by atoms with Crippen molar-refractivity contribution in [3.05, 3.63) is 101 Å². The second-order valence-corrected chi connectivity index (χ2v) is 14.1. The molecule has 0 aliphatic heterocycles. The Morgan fingerprint density at radius 2 is 1.27 bits per heavy atom. The Hall–Kier alpha value is -0.0378. The van der Waals surface area contributed by atoms with Crippen molar-refractivity contribution in [2.24, 2.45) is 0 Å². The summed E-state index contributed by atoms with van der Waals surface area (Å²) < 4.78 is 48.7. The number of phenols is 1. The Labute approximate surface area is 409 Å². The second kappa shape index (κ2) is 32.2. The molecule has 5 aromatic rings. The first-order valence-corrected chi connectivity index (χ1v) is 19.0. The van der Waals surface area contributed by atoms with Crippen molar-refractivity contribution in [1.29, 1.82) is 0 Å². The molecule has 0 bridgehead atoms. The molecule has 0 radical (unpaired) electrons. The van der Waals surface area contributed by atoms with Gasteiger partial charge in [0, 0.05) is 17.7 Å². The molecule has 3 aromatic carbocycles. The molecule has 0 saturated carbocycles. The third-order valence-corrected chi connectivity index (χ3v) is 5.99. The molecule has 5 rings (SSSR count). The number of rotatable bonds is 6. The van der Waals surface area contributed by atoms with Crippen molar-refractivity contribution >= 4 is 108 Å². The van der Waals surface area contributed by atoms with Crippen LogP contribution in [0.4, 0.5) is 13.2 Å². The van der Waals surface area contributed by atoms with Crippen molar-refractivity contribution in [2.75, 3.05) is 11.2 Å². The Morgan fingerprint density at radius 1 is 0.882 bits per heavy atom. The second-order valence-electron chi connectivity index (χ2n) is 8.52. The van der Waals surface area contributed by atoms with E-state index in [-0.39, 0.29) is 167 Å². The van der Waals surface area contributed by atoms with E-state index in [4.69, 9.17) is 35.6 Å². The minimum Gasteiger partial charge on any atom is -1.00 e. The van der Waals surface area contributed by atoms with Gasteiger partial charge in [0.15, 0.2) is 58.0 Å². The maximum Gasteiger partial charge on any atom is 1.00 e. The Bertz CT molecular complexity index is 1840. The van der Waals surface area contributed by atoms with Gasteiger partial charge in [-0.2, -0.15) is 0 Å². The van der Waals surface area contributed by atoms with E-state index in [2.05, 4.69) is 49.0 Å². The van der Waals surface area contributed by atoms with Gasteiger partial charge in [0.25, 0.3) is 6.47 Å². The molecule has 271 valence electrons. The van der Waals surface area contributed by atoms with Gasteiger partial charge in [-0.05, 0) is 43.3 Å². The molecular weight excluding hydrogens is 1010 g/mol. The zero-order valence-corrected chi connectivity index (χ0v) is 39.7. The van der Waals surface area contributed by atoms with Gasteiger partial charge in [-0.25, -0.2) is 13.2 Å². The topological polar surface area (TPSA) is 164 Å². The summed E-state index contributed by atoms with van der Waals surface area (Å²) in [5.74, 6) is -2.10. The number of carbonyl (C=O) groups excluding carboxylic acids is 5. The molecule has 0 fully saturated rings. The normalized spacial score (nSPS) is 9.06. The first kappa shape index (κ1) is 55.3. The summed E-state index contributed by atoms with van der Waals surface area (Å²) in [6.07, 6.45) is 0.401. The summed E-state index contributed by atoms with van der Waals surface area (Å²) in [7, 11) is 0. The number of benzene rings is 3. The number of aldehydes is 1. The molecule has 0 aliphatic carbocycles. The van der Waals surface area contributed by atoms with Crippen molar-refractivity contribution < 1.29 is 177 Å². The molecule has 2 aromatic heterocycles.